The van der Waals surface area contributed by atoms with Gasteiger partial charge in [0.05, 0.1) is 23.5 Å². The maximum absolute atomic E-state index is 6.49. The minimum atomic E-state index is 0.760. The number of fused-ring (bicyclic) bond motifs is 6. The van der Waals surface area contributed by atoms with Crippen LogP contribution in [0.3, 0.4) is 0 Å². The molecule has 0 unspecified atom stereocenters. The number of nitrogens with zero attached hydrogens (tertiary/aromatic N) is 2. The molecule has 0 saturated carbocycles. The predicted octanol–water partition coefficient (Wildman–Crippen LogP) is 13.2. The van der Waals surface area contributed by atoms with Gasteiger partial charge in [0.15, 0.2) is 5.58 Å². The van der Waals surface area contributed by atoms with Crippen LogP contribution in [-0.2, 0) is 0 Å². The fourth-order valence-electron chi connectivity index (χ4n) is 7.45. The van der Waals surface area contributed by atoms with Crippen LogP contribution in [0.25, 0.3) is 76.5 Å². The van der Waals surface area contributed by atoms with Crippen molar-refractivity contribution in [3.05, 3.63) is 182 Å². The molecule has 2 aromatic heterocycles. The molecule has 0 atom stereocenters. The summed E-state index contributed by atoms with van der Waals surface area (Å²) in [5.74, 6) is 0. The lowest BCUT2D eigenvalue weighted by atomic mass is 9.97. The van der Waals surface area contributed by atoms with Crippen LogP contribution in [0.1, 0.15) is 0 Å². The van der Waals surface area contributed by atoms with Gasteiger partial charge in [-0.25, -0.2) is 0 Å². The van der Waals surface area contributed by atoms with Gasteiger partial charge in [-0.05, 0) is 97.0 Å². The summed E-state index contributed by atoms with van der Waals surface area (Å²) >= 11 is 0. The first-order chi connectivity index (χ1) is 24.8. The summed E-state index contributed by atoms with van der Waals surface area (Å²) in [6.07, 6.45) is 3.80. The van der Waals surface area contributed by atoms with E-state index in [9.17, 15) is 0 Å². The fourth-order valence-corrected chi connectivity index (χ4v) is 7.45. The predicted molar refractivity (Wildman–Crippen MR) is 210 cm³/mol. The molecule has 50 heavy (non-hydrogen) atoms. The Morgan fingerprint density at radius 1 is 0.400 bits per heavy atom. The van der Waals surface area contributed by atoms with E-state index < -0.39 is 0 Å². The summed E-state index contributed by atoms with van der Waals surface area (Å²) < 4.78 is 6.49. The third-order valence-corrected chi connectivity index (χ3v) is 9.88. The minimum Gasteiger partial charge on any atom is -0.454 e. The summed E-state index contributed by atoms with van der Waals surface area (Å²) in [5, 5.41) is 9.36. The number of pyridine rings is 1. The van der Waals surface area contributed by atoms with Crippen molar-refractivity contribution in [1.29, 1.82) is 0 Å². The lowest BCUT2D eigenvalue weighted by Crippen LogP contribution is -2.10. The molecule has 0 spiro atoms. The maximum atomic E-state index is 6.49. The van der Waals surface area contributed by atoms with Crippen molar-refractivity contribution in [2.24, 2.45) is 0 Å². The van der Waals surface area contributed by atoms with Gasteiger partial charge in [-0.3, -0.25) is 4.98 Å². The molecule has 0 N–H and O–H groups in total. The van der Waals surface area contributed by atoms with Crippen LogP contribution < -0.4 is 4.90 Å². The van der Waals surface area contributed by atoms with Crippen LogP contribution in [0.5, 0.6) is 0 Å². The van der Waals surface area contributed by atoms with Gasteiger partial charge < -0.3 is 9.32 Å². The summed E-state index contributed by atoms with van der Waals surface area (Å²) in [7, 11) is 0. The van der Waals surface area contributed by atoms with Gasteiger partial charge >= 0.3 is 0 Å². The van der Waals surface area contributed by atoms with E-state index in [4.69, 9.17) is 9.40 Å². The summed E-state index contributed by atoms with van der Waals surface area (Å²) in [4.78, 5) is 7.05. The van der Waals surface area contributed by atoms with Gasteiger partial charge in [0, 0.05) is 16.8 Å². The first-order valence-corrected chi connectivity index (χ1v) is 16.9. The highest BCUT2D eigenvalue weighted by Crippen LogP contribution is 2.44. The third-order valence-electron chi connectivity index (χ3n) is 9.88. The van der Waals surface area contributed by atoms with E-state index in [0.717, 1.165) is 50.0 Å². The molecule has 0 amide bonds. The Hall–Kier alpha value is -6.71. The van der Waals surface area contributed by atoms with Crippen LogP contribution in [0, 0.1) is 0 Å². The molecule has 3 nitrogen and oxygen atoms in total. The van der Waals surface area contributed by atoms with Gasteiger partial charge in [0.1, 0.15) is 5.58 Å². The molecule has 0 fully saturated rings. The van der Waals surface area contributed by atoms with E-state index in [1.807, 2.05) is 12.4 Å². The van der Waals surface area contributed by atoms with Crippen LogP contribution in [0.4, 0.5) is 17.1 Å². The average molecular weight is 639 g/mol. The molecule has 0 bridgehead atoms. The van der Waals surface area contributed by atoms with Crippen LogP contribution in [0.2, 0.25) is 0 Å². The quantitative estimate of drug-likeness (QED) is 0.188. The second-order valence-corrected chi connectivity index (χ2v) is 12.9. The van der Waals surface area contributed by atoms with Crippen molar-refractivity contribution in [3.8, 4) is 22.3 Å². The van der Waals surface area contributed by atoms with Gasteiger partial charge in [0.25, 0.3) is 0 Å². The number of benzene rings is 8. The second kappa shape index (κ2) is 11.5. The second-order valence-electron chi connectivity index (χ2n) is 12.9. The van der Waals surface area contributed by atoms with Crippen molar-refractivity contribution in [2.75, 3.05) is 4.90 Å². The molecule has 234 valence electrons. The van der Waals surface area contributed by atoms with Crippen molar-refractivity contribution in [2.45, 2.75) is 0 Å². The molecular formula is C47H30N2O. The molecule has 0 saturated heterocycles. The van der Waals surface area contributed by atoms with E-state index in [-0.39, 0.29) is 0 Å². The highest BCUT2D eigenvalue weighted by molar-refractivity contribution is 6.16. The van der Waals surface area contributed by atoms with Crippen molar-refractivity contribution in [1.82, 2.24) is 4.98 Å². The minimum absolute atomic E-state index is 0.760. The molecule has 0 aliphatic heterocycles. The first-order valence-electron chi connectivity index (χ1n) is 16.9. The van der Waals surface area contributed by atoms with E-state index in [2.05, 4.69) is 175 Å². The van der Waals surface area contributed by atoms with Gasteiger partial charge in [-0.15, -0.1) is 0 Å². The lowest BCUT2D eigenvalue weighted by molar-refractivity contribution is 0.667. The van der Waals surface area contributed by atoms with Crippen LogP contribution in [-0.4, -0.2) is 4.98 Å². The monoisotopic (exact) mass is 638 g/mol. The Balaban J connectivity index is 1.18. The van der Waals surface area contributed by atoms with Crippen molar-refractivity contribution in [3.63, 3.8) is 0 Å². The average Bonchev–Trinajstić information content (AvgIpc) is 3.55. The Morgan fingerprint density at radius 2 is 1.08 bits per heavy atom. The molecule has 10 rings (SSSR count). The number of anilines is 3. The molecule has 0 aliphatic carbocycles. The molecule has 0 aliphatic rings. The molecule has 0 radical (unpaired) electrons. The standard InChI is InChI=1S/C47H30N2O/c1-2-11-34-25-37(20-19-31(34)9-1)32-21-23-39(24-22-32)49(40-16-7-15-38(26-40)42-18-8-14-33-10-5-6-17-41(33)42)44-29-48-30-46-47(44)43-27-35-12-3-4-13-36(35)28-45(43)50-46/h1-30H. The maximum Gasteiger partial charge on any atom is 0.155 e. The number of rotatable bonds is 5. The summed E-state index contributed by atoms with van der Waals surface area (Å²) in [5.41, 5.74) is 9.36. The van der Waals surface area contributed by atoms with E-state index in [0.29, 0.717) is 0 Å². The summed E-state index contributed by atoms with van der Waals surface area (Å²) in [6, 6.07) is 60.8. The molecular weight excluding hydrogens is 609 g/mol. The highest BCUT2D eigenvalue weighted by Gasteiger charge is 2.21. The Morgan fingerprint density at radius 3 is 1.92 bits per heavy atom. The van der Waals surface area contributed by atoms with Crippen LogP contribution >= 0.6 is 0 Å². The number of furan rings is 1. The Bertz CT molecular complexity index is 2880. The molecule has 8 aromatic carbocycles. The first kappa shape index (κ1) is 28.3. The zero-order valence-electron chi connectivity index (χ0n) is 27.1. The van der Waals surface area contributed by atoms with Crippen molar-refractivity contribution < 1.29 is 4.42 Å². The number of aromatic nitrogens is 1. The van der Waals surface area contributed by atoms with Crippen LogP contribution in [0.15, 0.2) is 187 Å². The Kier molecular flexibility index (Phi) is 6.49. The smallest absolute Gasteiger partial charge is 0.155 e. The Labute approximate surface area is 289 Å². The van der Waals surface area contributed by atoms with E-state index in [1.165, 1.54) is 43.6 Å². The van der Waals surface area contributed by atoms with Gasteiger partial charge in [-0.2, -0.15) is 0 Å². The topological polar surface area (TPSA) is 29.3 Å². The zero-order chi connectivity index (χ0) is 33.0. The molecule has 3 heteroatoms. The molecule has 2 heterocycles. The van der Waals surface area contributed by atoms with E-state index >= 15 is 0 Å². The molecule has 10 aromatic rings. The van der Waals surface area contributed by atoms with Crippen molar-refractivity contribution >= 4 is 71.3 Å². The third kappa shape index (κ3) is 4.71. The highest BCUT2D eigenvalue weighted by atomic mass is 16.3. The van der Waals surface area contributed by atoms with E-state index in [1.54, 1.807) is 0 Å². The number of hydrogen-bond acceptors (Lipinski definition) is 3. The number of hydrogen-bond donors (Lipinski definition) is 0. The lowest BCUT2D eigenvalue weighted by Gasteiger charge is -2.26. The normalized spacial score (nSPS) is 11.6. The largest absolute Gasteiger partial charge is 0.454 e. The zero-order valence-corrected chi connectivity index (χ0v) is 27.1. The summed E-state index contributed by atoms with van der Waals surface area (Å²) in [6.45, 7) is 0. The van der Waals surface area contributed by atoms with Gasteiger partial charge in [0.2, 0.25) is 0 Å². The van der Waals surface area contributed by atoms with Gasteiger partial charge in [-0.1, -0.05) is 127 Å². The SMILES string of the molecule is c1cc(-c2cccc3ccccc23)cc(N(c2ccc(-c3ccc4ccccc4c3)cc2)c2cncc3oc4cc5ccccc5cc4c23)c1. The fraction of sp³-hybridized carbons (Fsp3) is 0.